The molecule has 0 heterocycles. The maximum atomic E-state index is 10.5. The molecule has 0 amide bonds. The number of nitroso groups, excluding NO2 is 1. The van der Waals surface area contributed by atoms with Crippen LogP contribution in [0.3, 0.4) is 0 Å². The van der Waals surface area contributed by atoms with Crippen LogP contribution in [0, 0.1) is 11.0 Å². The number of rotatable bonds is 2. The number of nitrogens with two attached hydrogens (primary N) is 1. The van der Waals surface area contributed by atoms with Crippen molar-refractivity contribution in [1.82, 2.24) is 0 Å². The lowest BCUT2D eigenvalue weighted by Crippen LogP contribution is -2.08. The highest BCUT2D eigenvalue weighted by molar-refractivity contribution is 5.36. The molecule has 2 N–H and O–H groups in total. The summed E-state index contributed by atoms with van der Waals surface area (Å²) >= 11 is 0. The summed E-state index contributed by atoms with van der Waals surface area (Å²) in [6.07, 6.45) is 0. The van der Waals surface area contributed by atoms with Crippen molar-refractivity contribution in [2.24, 2.45) is 5.84 Å². The van der Waals surface area contributed by atoms with Crippen LogP contribution in [0.25, 0.3) is 0 Å². The van der Waals surface area contributed by atoms with Gasteiger partial charge in [-0.2, -0.15) is 5.84 Å². The van der Waals surface area contributed by atoms with Crippen molar-refractivity contribution in [1.29, 1.82) is 0 Å². The minimum absolute atomic E-state index is 0.263. The fraction of sp³-hybridized carbons (Fsp3) is 0.143. The molecular formula is C7H8N2O2+. The van der Waals surface area contributed by atoms with Crippen molar-refractivity contribution in [2.75, 3.05) is 7.11 Å². The lowest BCUT2D eigenvalue weighted by atomic mass is 10.3. The third kappa shape index (κ3) is 1.67. The van der Waals surface area contributed by atoms with Gasteiger partial charge in [-0.3, -0.25) is 0 Å². The van der Waals surface area contributed by atoms with E-state index in [-0.39, 0.29) is 4.87 Å². The molecule has 0 fully saturated rings. The van der Waals surface area contributed by atoms with Gasteiger partial charge >= 0.3 is 0 Å². The van der Waals surface area contributed by atoms with Gasteiger partial charge in [0, 0.05) is 6.07 Å². The first kappa shape index (κ1) is 7.53. The first-order valence-corrected chi connectivity index (χ1v) is 3.01. The monoisotopic (exact) mass is 152 g/mol. The van der Waals surface area contributed by atoms with Crippen LogP contribution in [0.1, 0.15) is 0 Å². The third-order valence-electron chi connectivity index (χ3n) is 1.24. The third-order valence-corrected chi connectivity index (χ3v) is 1.24. The predicted octanol–water partition coefficient (Wildman–Crippen LogP) is 0.779. The smallest absolute Gasteiger partial charge is 0.295 e. The van der Waals surface area contributed by atoms with E-state index in [4.69, 9.17) is 10.6 Å². The number of hydrazine groups is 1. The van der Waals surface area contributed by atoms with Crippen LogP contribution in [0.4, 0.5) is 5.69 Å². The Morgan fingerprint density at radius 1 is 1.64 bits per heavy atom. The lowest BCUT2D eigenvalue weighted by molar-refractivity contribution is -0.474. The number of hydrogen-bond acceptors (Lipinski definition) is 2. The first-order chi connectivity index (χ1) is 5.24. The fourth-order valence-corrected chi connectivity index (χ4v) is 0.683. The molecule has 11 heavy (non-hydrogen) atoms. The van der Waals surface area contributed by atoms with E-state index < -0.39 is 0 Å². The van der Waals surface area contributed by atoms with Crippen LogP contribution in [-0.4, -0.2) is 12.0 Å². The summed E-state index contributed by atoms with van der Waals surface area (Å²) in [4.78, 5) is 10.8. The number of nitrogens with zero attached hydrogens (tertiary/aromatic N) is 1. The number of ether oxygens (including phenoxy) is 1. The molecular weight excluding hydrogens is 144 g/mol. The summed E-state index contributed by atoms with van der Waals surface area (Å²) in [5, 5.41) is 0. The molecule has 0 saturated heterocycles. The molecule has 0 aliphatic rings. The summed E-state index contributed by atoms with van der Waals surface area (Å²) in [6.45, 7) is 0. The van der Waals surface area contributed by atoms with Gasteiger partial charge in [-0.1, -0.05) is 0 Å². The second-order valence-electron chi connectivity index (χ2n) is 1.96. The molecule has 1 radical (unpaired) electrons. The normalized spacial score (nSPS) is 9.18. The van der Waals surface area contributed by atoms with Gasteiger partial charge in [0.1, 0.15) is 5.75 Å². The standard InChI is InChI=1S/C7H8N2O2/c1-11-7-4-2-3-6(5-7)9(8)10/h3-5H,1H3,(H2,8,10)/q+1. The van der Waals surface area contributed by atoms with Crippen LogP contribution in [0.2, 0.25) is 0 Å². The molecule has 0 unspecified atom stereocenters. The first-order valence-electron chi connectivity index (χ1n) is 3.01. The van der Waals surface area contributed by atoms with Crippen molar-refractivity contribution in [3.63, 3.8) is 0 Å². The van der Waals surface area contributed by atoms with E-state index in [0.717, 1.165) is 0 Å². The SMILES string of the molecule is COc1c[c]cc([N+](N)=O)c1. The van der Waals surface area contributed by atoms with Crippen LogP contribution in [0.15, 0.2) is 18.2 Å². The minimum Gasteiger partial charge on any atom is -0.496 e. The Labute approximate surface area is 64.1 Å². The van der Waals surface area contributed by atoms with E-state index in [9.17, 15) is 4.91 Å². The average molecular weight is 152 g/mol. The van der Waals surface area contributed by atoms with Gasteiger partial charge in [0.05, 0.1) is 18.1 Å². The Hall–Kier alpha value is -1.58. The largest absolute Gasteiger partial charge is 0.496 e. The van der Waals surface area contributed by atoms with E-state index in [1.807, 2.05) is 0 Å². The molecule has 57 valence electrons. The average Bonchev–Trinajstić information content (AvgIpc) is 2.05. The second kappa shape index (κ2) is 3.01. The Morgan fingerprint density at radius 3 is 2.91 bits per heavy atom. The van der Waals surface area contributed by atoms with Crippen LogP contribution in [0.5, 0.6) is 5.75 Å². The Bertz CT molecular complexity index is 273. The molecule has 0 aromatic heterocycles. The molecule has 4 heteroatoms. The van der Waals surface area contributed by atoms with Gasteiger partial charge in [-0.25, -0.2) is 0 Å². The zero-order chi connectivity index (χ0) is 8.27. The maximum Gasteiger partial charge on any atom is 0.295 e. The van der Waals surface area contributed by atoms with Crippen molar-refractivity contribution >= 4 is 5.69 Å². The highest BCUT2D eigenvalue weighted by Gasteiger charge is 2.08. The van der Waals surface area contributed by atoms with Crippen molar-refractivity contribution in [3.05, 3.63) is 29.2 Å². The zero-order valence-electron chi connectivity index (χ0n) is 6.07. The summed E-state index contributed by atoms with van der Waals surface area (Å²) < 4.78 is 4.85. The molecule has 1 aromatic carbocycles. The molecule has 0 aliphatic heterocycles. The zero-order valence-corrected chi connectivity index (χ0v) is 6.07. The van der Waals surface area contributed by atoms with Gasteiger partial charge in [-0.05, 0) is 12.1 Å². The van der Waals surface area contributed by atoms with E-state index >= 15 is 0 Å². The fourth-order valence-electron chi connectivity index (χ4n) is 0.683. The van der Waals surface area contributed by atoms with Gasteiger partial charge in [-0.15, -0.1) is 0 Å². The molecule has 0 atom stereocenters. The highest BCUT2D eigenvalue weighted by Crippen LogP contribution is 2.16. The molecule has 0 aliphatic carbocycles. The highest BCUT2D eigenvalue weighted by atomic mass is 16.5. The van der Waals surface area contributed by atoms with E-state index in [0.29, 0.717) is 11.4 Å². The molecule has 4 nitrogen and oxygen atoms in total. The van der Waals surface area contributed by atoms with E-state index in [1.165, 1.54) is 19.2 Å². The van der Waals surface area contributed by atoms with Gasteiger partial charge in [0.15, 0.2) is 4.87 Å². The summed E-state index contributed by atoms with van der Waals surface area (Å²) in [6, 6.07) is 7.35. The quantitative estimate of drug-likeness (QED) is 0.387. The Balaban J connectivity index is 3.01. The topological polar surface area (TPSA) is 55.3 Å². The van der Waals surface area contributed by atoms with Crippen molar-refractivity contribution < 1.29 is 9.61 Å². The molecule has 1 aromatic rings. The molecule has 0 bridgehead atoms. The van der Waals surface area contributed by atoms with Gasteiger partial charge in [0.2, 0.25) is 0 Å². The summed E-state index contributed by atoms with van der Waals surface area (Å²) in [7, 11) is 1.51. The lowest BCUT2D eigenvalue weighted by Gasteiger charge is -1.95. The predicted molar refractivity (Wildman–Crippen MR) is 39.3 cm³/mol. The maximum absolute atomic E-state index is 10.5. The van der Waals surface area contributed by atoms with E-state index in [1.54, 1.807) is 6.07 Å². The Morgan fingerprint density at radius 2 is 2.36 bits per heavy atom. The Kier molecular flexibility index (Phi) is 2.06. The van der Waals surface area contributed by atoms with Gasteiger partial charge < -0.3 is 4.74 Å². The number of methoxy groups -OCH3 is 1. The second-order valence-corrected chi connectivity index (χ2v) is 1.96. The van der Waals surface area contributed by atoms with Crippen LogP contribution in [-0.2, 0) is 0 Å². The summed E-state index contributed by atoms with van der Waals surface area (Å²) in [5.41, 5.74) is 0.323. The number of benzene rings is 1. The molecule has 1 rings (SSSR count). The summed E-state index contributed by atoms with van der Waals surface area (Å²) in [5.74, 6) is 5.50. The minimum atomic E-state index is 0.263. The molecule has 0 saturated carbocycles. The number of hydrogen-bond donors (Lipinski definition) is 1. The van der Waals surface area contributed by atoms with Crippen LogP contribution >= 0.6 is 0 Å². The van der Waals surface area contributed by atoms with Crippen LogP contribution < -0.4 is 10.6 Å². The van der Waals surface area contributed by atoms with E-state index in [2.05, 4.69) is 6.07 Å². The van der Waals surface area contributed by atoms with Crippen molar-refractivity contribution in [2.45, 2.75) is 0 Å². The molecule has 0 spiro atoms. The van der Waals surface area contributed by atoms with Gasteiger partial charge in [0.25, 0.3) is 5.69 Å². The van der Waals surface area contributed by atoms with Crippen molar-refractivity contribution in [3.8, 4) is 5.75 Å².